The van der Waals surface area contributed by atoms with Crippen molar-refractivity contribution in [3.63, 3.8) is 0 Å². The fourth-order valence-electron chi connectivity index (χ4n) is 3.41. The van der Waals surface area contributed by atoms with E-state index in [4.69, 9.17) is 0 Å². The van der Waals surface area contributed by atoms with Gasteiger partial charge in [-0.05, 0) is 36.2 Å². The molecule has 0 saturated heterocycles. The van der Waals surface area contributed by atoms with Gasteiger partial charge in [0.15, 0.2) is 0 Å². The highest BCUT2D eigenvalue weighted by Gasteiger charge is 2.25. The Balaban J connectivity index is 1.88. The van der Waals surface area contributed by atoms with Crippen LogP contribution in [0.15, 0.2) is 30.3 Å². The second-order valence-electron chi connectivity index (χ2n) is 5.77. The molecule has 1 atom stereocenters. The first kappa shape index (κ1) is 12.7. The number of hydrogen-bond acceptors (Lipinski definition) is 0. The normalized spacial score (nSPS) is 26.7. The van der Waals surface area contributed by atoms with Crippen molar-refractivity contribution in [2.75, 3.05) is 0 Å². The maximum absolute atomic E-state index is 2.42. The van der Waals surface area contributed by atoms with Crippen LogP contribution in [0.2, 0.25) is 0 Å². The highest BCUT2D eigenvalue weighted by molar-refractivity contribution is 5.19. The highest BCUT2D eigenvalue weighted by Crippen LogP contribution is 2.39. The molecule has 0 nitrogen and oxygen atoms in total. The first-order valence-electron chi connectivity index (χ1n) is 7.36. The van der Waals surface area contributed by atoms with E-state index >= 15 is 0 Å². The van der Waals surface area contributed by atoms with Crippen molar-refractivity contribution in [1.29, 1.82) is 0 Å². The first-order chi connectivity index (χ1) is 8.31. The van der Waals surface area contributed by atoms with E-state index in [1.807, 2.05) is 0 Å². The molecule has 0 aromatic heterocycles. The Morgan fingerprint density at radius 3 is 2.29 bits per heavy atom. The molecule has 1 aliphatic carbocycles. The summed E-state index contributed by atoms with van der Waals surface area (Å²) < 4.78 is 0. The fraction of sp³-hybridized carbons (Fsp3) is 0.647. The monoisotopic (exact) mass is 230 g/mol. The molecule has 0 heteroatoms. The zero-order valence-corrected chi connectivity index (χ0v) is 11.4. The van der Waals surface area contributed by atoms with Gasteiger partial charge in [-0.1, -0.05) is 69.9 Å². The summed E-state index contributed by atoms with van der Waals surface area (Å²) in [5.41, 5.74) is 1.53. The summed E-state index contributed by atoms with van der Waals surface area (Å²) in [5, 5.41) is 0. The molecule has 94 valence electrons. The van der Waals surface area contributed by atoms with E-state index in [1.165, 1.54) is 44.1 Å². The zero-order valence-electron chi connectivity index (χ0n) is 11.4. The second-order valence-corrected chi connectivity index (χ2v) is 5.77. The lowest BCUT2D eigenvalue weighted by Crippen LogP contribution is -2.19. The Kier molecular flexibility index (Phi) is 4.65. The Morgan fingerprint density at radius 1 is 1.06 bits per heavy atom. The minimum atomic E-state index is 0.749. The highest BCUT2D eigenvalue weighted by atomic mass is 14.3. The minimum absolute atomic E-state index is 0.749. The third-order valence-corrected chi connectivity index (χ3v) is 4.62. The first-order valence-corrected chi connectivity index (χ1v) is 7.36. The van der Waals surface area contributed by atoms with Crippen LogP contribution in [0.1, 0.15) is 63.9 Å². The van der Waals surface area contributed by atoms with E-state index in [1.54, 1.807) is 0 Å². The third-order valence-electron chi connectivity index (χ3n) is 4.62. The van der Waals surface area contributed by atoms with Gasteiger partial charge in [0.1, 0.15) is 0 Å². The van der Waals surface area contributed by atoms with E-state index in [0.717, 1.165) is 17.8 Å². The summed E-state index contributed by atoms with van der Waals surface area (Å²) >= 11 is 0. The standard InChI is InChI=1S/C17H26/c1-3-7-15-10-12-17(13-11-15)14(2)16-8-5-4-6-9-16/h4-6,8-9,14-15,17H,3,7,10-13H2,1-2H3. The van der Waals surface area contributed by atoms with E-state index in [-0.39, 0.29) is 0 Å². The summed E-state index contributed by atoms with van der Waals surface area (Å²) in [6, 6.07) is 11.1. The van der Waals surface area contributed by atoms with Crippen molar-refractivity contribution in [3.8, 4) is 0 Å². The lowest BCUT2D eigenvalue weighted by Gasteiger charge is -2.32. The Morgan fingerprint density at radius 2 is 1.71 bits per heavy atom. The number of rotatable bonds is 4. The molecular formula is C17H26. The zero-order chi connectivity index (χ0) is 12.1. The van der Waals surface area contributed by atoms with Crippen molar-refractivity contribution in [2.45, 2.75) is 58.3 Å². The molecule has 0 radical (unpaired) electrons. The molecule has 17 heavy (non-hydrogen) atoms. The van der Waals surface area contributed by atoms with Gasteiger partial charge in [-0.15, -0.1) is 0 Å². The molecule has 1 aliphatic rings. The van der Waals surface area contributed by atoms with Gasteiger partial charge in [-0.25, -0.2) is 0 Å². The largest absolute Gasteiger partial charge is 0.0654 e. The SMILES string of the molecule is CCCC1CCC(C(C)c2ccccc2)CC1. The smallest absolute Gasteiger partial charge is 0.0162 e. The summed E-state index contributed by atoms with van der Waals surface area (Å²) in [6.07, 6.45) is 8.64. The van der Waals surface area contributed by atoms with Crippen LogP contribution in [-0.2, 0) is 0 Å². The van der Waals surface area contributed by atoms with Crippen LogP contribution < -0.4 is 0 Å². The Hall–Kier alpha value is -0.780. The predicted molar refractivity (Wildman–Crippen MR) is 75.2 cm³/mol. The van der Waals surface area contributed by atoms with Crippen LogP contribution >= 0.6 is 0 Å². The Bertz CT molecular complexity index is 306. The minimum Gasteiger partial charge on any atom is -0.0654 e. The molecule has 1 aromatic carbocycles. The lowest BCUT2D eigenvalue weighted by molar-refractivity contribution is 0.239. The van der Waals surface area contributed by atoms with Gasteiger partial charge < -0.3 is 0 Å². The van der Waals surface area contributed by atoms with Gasteiger partial charge >= 0.3 is 0 Å². The predicted octanol–water partition coefficient (Wildman–Crippen LogP) is 5.40. The molecule has 1 fully saturated rings. The summed E-state index contributed by atoms with van der Waals surface area (Å²) in [7, 11) is 0. The quantitative estimate of drug-likeness (QED) is 0.650. The number of hydrogen-bond donors (Lipinski definition) is 0. The van der Waals surface area contributed by atoms with Crippen molar-refractivity contribution >= 4 is 0 Å². The molecule has 0 amide bonds. The van der Waals surface area contributed by atoms with Gasteiger partial charge in [0.05, 0.1) is 0 Å². The van der Waals surface area contributed by atoms with Crippen LogP contribution in [0.4, 0.5) is 0 Å². The molecule has 1 aromatic rings. The molecule has 0 heterocycles. The summed E-state index contributed by atoms with van der Waals surface area (Å²) in [6.45, 7) is 4.73. The van der Waals surface area contributed by atoms with Crippen LogP contribution in [0.5, 0.6) is 0 Å². The van der Waals surface area contributed by atoms with Crippen LogP contribution in [0.25, 0.3) is 0 Å². The molecule has 0 spiro atoms. The van der Waals surface area contributed by atoms with Crippen molar-refractivity contribution in [2.24, 2.45) is 11.8 Å². The van der Waals surface area contributed by atoms with Gasteiger partial charge in [0.2, 0.25) is 0 Å². The van der Waals surface area contributed by atoms with Crippen molar-refractivity contribution in [1.82, 2.24) is 0 Å². The lowest BCUT2D eigenvalue weighted by atomic mass is 9.73. The fourth-order valence-corrected chi connectivity index (χ4v) is 3.41. The topological polar surface area (TPSA) is 0 Å². The van der Waals surface area contributed by atoms with E-state index < -0.39 is 0 Å². The van der Waals surface area contributed by atoms with Gasteiger partial charge in [0.25, 0.3) is 0 Å². The van der Waals surface area contributed by atoms with Crippen molar-refractivity contribution < 1.29 is 0 Å². The van der Waals surface area contributed by atoms with Gasteiger partial charge in [-0.3, -0.25) is 0 Å². The average molecular weight is 230 g/mol. The molecule has 2 rings (SSSR count). The molecule has 0 bridgehead atoms. The van der Waals surface area contributed by atoms with Gasteiger partial charge in [0, 0.05) is 0 Å². The van der Waals surface area contributed by atoms with Crippen LogP contribution in [0.3, 0.4) is 0 Å². The van der Waals surface area contributed by atoms with E-state index in [0.29, 0.717) is 0 Å². The molecular weight excluding hydrogens is 204 g/mol. The van der Waals surface area contributed by atoms with Crippen LogP contribution in [0, 0.1) is 11.8 Å². The van der Waals surface area contributed by atoms with E-state index in [2.05, 4.69) is 44.2 Å². The molecule has 0 N–H and O–H groups in total. The Labute approximate surface area is 106 Å². The number of benzene rings is 1. The molecule has 1 unspecified atom stereocenters. The third kappa shape index (κ3) is 3.34. The maximum Gasteiger partial charge on any atom is -0.0162 e. The van der Waals surface area contributed by atoms with Crippen LogP contribution in [-0.4, -0.2) is 0 Å². The summed E-state index contributed by atoms with van der Waals surface area (Å²) in [5.74, 6) is 2.70. The summed E-state index contributed by atoms with van der Waals surface area (Å²) in [4.78, 5) is 0. The van der Waals surface area contributed by atoms with Gasteiger partial charge in [-0.2, -0.15) is 0 Å². The average Bonchev–Trinajstić information content (AvgIpc) is 2.40. The van der Waals surface area contributed by atoms with E-state index in [9.17, 15) is 0 Å². The molecule has 1 saturated carbocycles. The van der Waals surface area contributed by atoms with Crippen molar-refractivity contribution in [3.05, 3.63) is 35.9 Å². The molecule has 0 aliphatic heterocycles. The second kappa shape index (κ2) is 6.23. The maximum atomic E-state index is 2.42.